The minimum atomic E-state index is -3.95. The van der Waals surface area contributed by atoms with Crippen molar-refractivity contribution in [1.82, 2.24) is 14.9 Å². The number of aromatic nitrogens is 2. The van der Waals surface area contributed by atoms with Crippen molar-refractivity contribution < 1.29 is 13.2 Å². The first kappa shape index (κ1) is 23.3. The zero-order valence-electron chi connectivity index (χ0n) is 18.8. The van der Waals surface area contributed by atoms with E-state index in [0.29, 0.717) is 12.1 Å². The summed E-state index contributed by atoms with van der Waals surface area (Å²) in [6.45, 7) is 1.88. The van der Waals surface area contributed by atoms with Gasteiger partial charge in [-0.05, 0) is 41.8 Å². The van der Waals surface area contributed by atoms with Gasteiger partial charge in [0.15, 0.2) is 0 Å². The molecule has 3 aromatic carbocycles. The average Bonchev–Trinajstić information content (AvgIpc) is 3.41. The summed E-state index contributed by atoms with van der Waals surface area (Å²) >= 11 is 0. The molecule has 0 radical (unpaired) electrons. The molecule has 0 saturated carbocycles. The molecule has 34 heavy (non-hydrogen) atoms. The van der Waals surface area contributed by atoms with E-state index in [1.165, 1.54) is 16.4 Å². The third kappa shape index (κ3) is 5.02. The SMILES string of the molecule is CCc1ccccc1N(CC(=O)NCc1ccccc1-n1ccnc1)S(=O)(=O)c1ccccc1. The molecule has 1 amide bonds. The third-order valence-corrected chi connectivity index (χ3v) is 7.28. The van der Waals surface area contributed by atoms with Crippen LogP contribution in [-0.2, 0) is 27.8 Å². The number of nitrogens with one attached hydrogen (secondary N) is 1. The number of carbonyl (C=O) groups is 1. The maximum Gasteiger partial charge on any atom is 0.264 e. The first-order chi connectivity index (χ1) is 16.5. The second-order valence-electron chi connectivity index (χ2n) is 7.68. The molecular formula is C26H26N4O3S. The van der Waals surface area contributed by atoms with Crippen LogP contribution in [0.1, 0.15) is 18.1 Å². The fourth-order valence-electron chi connectivity index (χ4n) is 3.77. The van der Waals surface area contributed by atoms with Crippen molar-refractivity contribution in [2.75, 3.05) is 10.8 Å². The fraction of sp³-hybridized carbons (Fsp3) is 0.154. The molecule has 174 valence electrons. The fourth-order valence-corrected chi connectivity index (χ4v) is 5.25. The minimum Gasteiger partial charge on any atom is -0.350 e. The highest BCUT2D eigenvalue weighted by Gasteiger charge is 2.28. The second-order valence-corrected chi connectivity index (χ2v) is 9.54. The minimum absolute atomic E-state index is 0.138. The first-order valence-electron chi connectivity index (χ1n) is 11.0. The van der Waals surface area contributed by atoms with Crippen LogP contribution in [0.4, 0.5) is 5.69 Å². The lowest BCUT2D eigenvalue weighted by molar-refractivity contribution is -0.119. The van der Waals surface area contributed by atoms with Gasteiger partial charge in [0.2, 0.25) is 5.91 Å². The molecular weight excluding hydrogens is 448 g/mol. The topological polar surface area (TPSA) is 84.3 Å². The van der Waals surface area contributed by atoms with Crippen LogP contribution in [0.2, 0.25) is 0 Å². The Balaban J connectivity index is 1.60. The molecule has 0 aliphatic heterocycles. The molecule has 0 bridgehead atoms. The Labute approximate surface area is 199 Å². The number of aryl methyl sites for hydroxylation is 1. The molecule has 0 aliphatic carbocycles. The predicted molar refractivity (Wildman–Crippen MR) is 132 cm³/mol. The summed E-state index contributed by atoms with van der Waals surface area (Å²) in [4.78, 5) is 17.3. The number of para-hydroxylation sites is 2. The lowest BCUT2D eigenvalue weighted by Gasteiger charge is -2.26. The van der Waals surface area contributed by atoms with Gasteiger partial charge < -0.3 is 9.88 Å². The number of anilines is 1. The Hall–Kier alpha value is -3.91. The summed E-state index contributed by atoms with van der Waals surface area (Å²) in [5.41, 5.74) is 3.13. The van der Waals surface area contributed by atoms with Crippen molar-refractivity contribution in [3.63, 3.8) is 0 Å². The summed E-state index contributed by atoms with van der Waals surface area (Å²) < 4.78 is 30.2. The van der Waals surface area contributed by atoms with Crippen LogP contribution in [0.25, 0.3) is 5.69 Å². The Morgan fingerprint density at radius 2 is 1.62 bits per heavy atom. The molecule has 4 rings (SSSR count). The number of hydrogen-bond acceptors (Lipinski definition) is 4. The number of benzene rings is 3. The van der Waals surface area contributed by atoms with Gasteiger partial charge in [-0.15, -0.1) is 0 Å². The third-order valence-electron chi connectivity index (χ3n) is 5.51. The lowest BCUT2D eigenvalue weighted by atomic mass is 10.1. The van der Waals surface area contributed by atoms with E-state index in [4.69, 9.17) is 0 Å². The first-order valence-corrected chi connectivity index (χ1v) is 12.4. The normalized spacial score (nSPS) is 11.2. The Morgan fingerprint density at radius 1 is 0.941 bits per heavy atom. The summed E-state index contributed by atoms with van der Waals surface area (Å²) in [6.07, 6.45) is 5.84. The highest BCUT2D eigenvalue weighted by atomic mass is 32.2. The van der Waals surface area contributed by atoms with E-state index in [2.05, 4.69) is 10.3 Å². The molecule has 0 aliphatic rings. The number of hydrogen-bond donors (Lipinski definition) is 1. The molecule has 4 aromatic rings. The molecule has 1 N–H and O–H groups in total. The van der Waals surface area contributed by atoms with Gasteiger partial charge in [0.1, 0.15) is 6.54 Å². The van der Waals surface area contributed by atoms with Gasteiger partial charge in [0.25, 0.3) is 10.0 Å². The predicted octanol–water partition coefficient (Wildman–Crippen LogP) is 3.95. The molecule has 0 spiro atoms. The van der Waals surface area contributed by atoms with Crippen molar-refractivity contribution in [1.29, 1.82) is 0 Å². The second kappa shape index (κ2) is 10.4. The van der Waals surface area contributed by atoms with Gasteiger partial charge in [-0.1, -0.05) is 61.5 Å². The van der Waals surface area contributed by atoms with Crippen LogP contribution in [0, 0.1) is 0 Å². The average molecular weight is 475 g/mol. The molecule has 0 fully saturated rings. The number of carbonyl (C=O) groups excluding carboxylic acids is 1. The molecule has 0 atom stereocenters. The summed E-state index contributed by atoms with van der Waals surface area (Å²) in [5, 5.41) is 2.88. The van der Waals surface area contributed by atoms with Gasteiger partial charge in [0.05, 0.1) is 22.6 Å². The largest absolute Gasteiger partial charge is 0.350 e. The van der Waals surface area contributed by atoms with Crippen LogP contribution in [-0.4, -0.2) is 30.4 Å². The maximum atomic E-state index is 13.6. The van der Waals surface area contributed by atoms with Crippen LogP contribution in [0.3, 0.4) is 0 Å². The van der Waals surface area contributed by atoms with E-state index < -0.39 is 15.9 Å². The van der Waals surface area contributed by atoms with E-state index in [1.807, 2.05) is 54.1 Å². The summed E-state index contributed by atoms with van der Waals surface area (Å²) in [6, 6.07) is 23.1. The van der Waals surface area contributed by atoms with E-state index in [1.54, 1.807) is 42.9 Å². The molecule has 7 nitrogen and oxygen atoms in total. The molecule has 8 heteroatoms. The number of sulfonamides is 1. The Bertz CT molecular complexity index is 1350. The smallest absolute Gasteiger partial charge is 0.264 e. The molecule has 1 aromatic heterocycles. The number of amides is 1. The quantitative estimate of drug-likeness (QED) is 0.398. The van der Waals surface area contributed by atoms with Crippen molar-refractivity contribution in [3.8, 4) is 5.69 Å². The van der Waals surface area contributed by atoms with Crippen LogP contribution >= 0.6 is 0 Å². The van der Waals surface area contributed by atoms with Crippen molar-refractivity contribution in [2.45, 2.75) is 24.8 Å². The van der Waals surface area contributed by atoms with Gasteiger partial charge in [-0.3, -0.25) is 9.10 Å². The Morgan fingerprint density at radius 3 is 2.32 bits per heavy atom. The van der Waals surface area contributed by atoms with E-state index in [-0.39, 0.29) is 18.0 Å². The van der Waals surface area contributed by atoms with Crippen LogP contribution < -0.4 is 9.62 Å². The summed E-state index contributed by atoms with van der Waals surface area (Å²) in [5.74, 6) is -0.397. The van der Waals surface area contributed by atoms with Gasteiger partial charge in [0, 0.05) is 18.9 Å². The molecule has 0 unspecified atom stereocenters. The standard InChI is InChI=1S/C26H26N4O3S/c1-2-21-10-6-9-15-25(21)30(34(32,33)23-12-4-3-5-13-23)19-26(31)28-18-22-11-7-8-14-24(22)29-17-16-27-20-29/h3-17,20H,2,18-19H2,1H3,(H,28,31). The Kier molecular flexibility index (Phi) is 7.08. The van der Waals surface area contributed by atoms with E-state index >= 15 is 0 Å². The van der Waals surface area contributed by atoms with Crippen LogP contribution in [0.5, 0.6) is 0 Å². The zero-order valence-corrected chi connectivity index (χ0v) is 19.7. The van der Waals surface area contributed by atoms with Gasteiger partial charge in [-0.2, -0.15) is 0 Å². The highest BCUT2D eigenvalue weighted by Crippen LogP contribution is 2.27. The number of imidazole rings is 1. The van der Waals surface area contributed by atoms with E-state index in [9.17, 15) is 13.2 Å². The van der Waals surface area contributed by atoms with Crippen molar-refractivity contribution in [2.24, 2.45) is 0 Å². The zero-order chi connectivity index (χ0) is 24.0. The molecule has 0 saturated heterocycles. The number of rotatable bonds is 9. The molecule has 1 heterocycles. The van der Waals surface area contributed by atoms with Crippen molar-refractivity contribution in [3.05, 3.63) is 109 Å². The summed E-state index contributed by atoms with van der Waals surface area (Å²) in [7, 11) is -3.95. The number of nitrogens with zero attached hydrogens (tertiary/aromatic N) is 3. The van der Waals surface area contributed by atoms with Gasteiger partial charge in [-0.25, -0.2) is 13.4 Å². The maximum absolute atomic E-state index is 13.6. The van der Waals surface area contributed by atoms with Crippen LogP contribution in [0.15, 0.2) is 102 Å². The lowest BCUT2D eigenvalue weighted by Crippen LogP contribution is -2.41. The van der Waals surface area contributed by atoms with E-state index in [0.717, 1.165) is 16.8 Å². The van der Waals surface area contributed by atoms with Crippen molar-refractivity contribution >= 4 is 21.6 Å². The van der Waals surface area contributed by atoms with Gasteiger partial charge >= 0.3 is 0 Å². The monoisotopic (exact) mass is 474 g/mol. The highest BCUT2D eigenvalue weighted by molar-refractivity contribution is 7.92.